The molecule has 1 atom stereocenters. The lowest BCUT2D eigenvalue weighted by Gasteiger charge is -2.11. The van der Waals surface area contributed by atoms with E-state index in [2.05, 4.69) is 0 Å². The van der Waals surface area contributed by atoms with E-state index in [4.69, 9.17) is 5.11 Å². The third kappa shape index (κ3) is 6.85. The van der Waals surface area contributed by atoms with Crippen molar-refractivity contribution < 1.29 is 18.3 Å². The van der Waals surface area contributed by atoms with E-state index < -0.39 is 22.0 Å². The number of carboxylic acids is 1. The van der Waals surface area contributed by atoms with Gasteiger partial charge in [-0.2, -0.15) is 11.8 Å². The Hall–Kier alpha value is -0.270. The summed E-state index contributed by atoms with van der Waals surface area (Å²) >= 11 is 1.48. The number of rotatable bonds is 6. The molecule has 78 valence electrons. The smallest absolute Gasteiger partial charge is 0.321 e. The van der Waals surface area contributed by atoms with Crippen molar-refractivity contribution in [3.63, 3.8) is 0 Å². The monoisotopic (exact) mass is 227 g/mol. The Labute approximate surface area is 82.0 Å². The molecule has 0 aromatic heterocycles. The minimum absolute atomic E-state index is 0.295. The zero-order valence-electron chi connectivity index (χ0n) is 7.48. The van der Waals surface area contributed by atoms with Crippen molar-refractivity contribution in [3.05, 3.63) is 0 Å². The van der Waals surface area contributed by atoms with Gasteiger partial charge >= 0.3 is 5.97 Å². The molecule has 2 N–H and O–H groups in total. The van der Waals surface area contributed by atoms with Crippen LogP contribution in [0.1, 0.15) is 6.42 Å². The predicted octanol–water partition coefficient (Wildman–Crippen LogP) is -0.258. The number of sulfonamides is 1. The van der Waals surface area contributed by atoms with Gasteiger partial charge in [0.25, 0.3) is 0 Å². The minimum Gasteiger partial charge on any atom is -0.480 e. The Morgan fingerprint density at radius 3 is 2.46 bits per heavy atom. The molecule has 0 aromatic rings. The van der Waals surface area contributed by atoms with Gasteiger partial charge in [0.15, 0.2) is 0 Å². The zero-order chi connectivity index (χ0) is 10.5. The molecule has 0 aromatic carbocycles. The lowest BCUT2D eigenvalue weighted by molar-refractivity contribution is -0.139. The summed E-state index contributed by atoms with van der Waals surface area (Å²) in [5, 5.41) is 8.63. The molecule has 0 fully saturated rings. The van der Waals surface area contributed by atoms with Crippen molar-refractivity contribution in [2.75, 3.05) is 18.3 Å². The average Bonchev–Trinajstić information content (AvgIpc) is 1.95. The van der Waals surface area contributed by atoms with E-state index in [1.807, 2.05) is 11.0 Å². The standard InChI is InChI=1S/C6H13NO4S2/c1-12-4-3-5(6(8)9)7-13(2,10)11/h5,7H,3-4H2,1-2H3,(H,8,9). The fourth-order valence-corrected chi connectivity index (χ4v) is 1.93. The fourth-order valence-electron chi connectivity index (χ4n) is 0.727. The van der Waals surface area contributed by atoms with Crippen LogP contribution < -0.4 is 4.72 Å². The molecule has 0 aliphatic carbocycles. The molecule has 5 nitrogen and oxygen atoms in total. The minimum atomic E-state index is -3.44. The molecule has 0 saturated heterocycles. The van der Waals surface area contributed by atoms with Gasteiger partial charge in [-0.15, -0.1) is 0 Å². The molecule has 1 unspecified atom stereocenters. The summed E-state index contributed by atoms with van der Waals surface area (Å²) < 4.78 is 23.5. The second-order valence-corrected chi connectivity index (χ2v) is 5.33. The molecule has 0 heterocycles. The first-order chi connectivity index (χ1) is 5.87. The molecule has 7 heteroatoms. The van der Waals surface area contributed by atoms with Crippen molar-refractivity contribution in [1.29, 1.82) is 0 Å². The molecule has 0 rings (SSSR count). The van der Waals surface area contributed by atoms with Gasteiger partial charge in [-0.25, -0.2) is 13.1 Å². The van der Waals surface area contributed by atoms with Crippen molar-refractivity contribution in [1.82, 2.24) is 4.72 Å². The van der Waals surface area contributed by atoms with Crippen LogP contribution in [-0.2, 0) is 14.8 Å². The Morgan fingerprint density at radius 1 is 1.62 bits per heavy atom. The first-order valence-electron chi connectivity index (χ1n) is 3.56. The molecule has 0 aliphatic heterocycles. The summed E-state index contributed by atoms with van der Waals surface area (Å²) in [4.78, 5) is 10.5. The highest BCUT2D eigenvalue weighted by Gasteiger charge is 2.20. The van der Waals surface area contributed by atoms with Gasteiger partial charge in [0.05, 0.1) is 6.26 Å². The lowest BCUT2D eigenvalue weighted by atomic mass is 10.2. The summed E-state index contributed by atoms with van der Waals surface area (Å²) in [5.41, 5.74) is 0. The van der Waals surface area contributed by atoms with E-state index in [0.29, 0.717) is 12.2 Å². The molecule has 0 saturated carbocycles. The molecule has 0 spiro atoms. The van der Waals surface area contributed by atoms with Gasteiger partial charge in [-0.05, 0) is 18.4 Å². The van der Waals surface area contributed by atoms with Crippen molar-refractivity contribution in [2.24, 2.45) is 0 Å². The molecule has 13 heavy (non-hydrogen) atoms. The van der Waals surface area contributed by atoms with Crippen LogP contribution in [0, 0.1) is 0 Å². The molecule has 0 bridgehead atoms. The van der Waals surface area contributed by atoms with Gasteiger partial charge in [0, 0.05) is 0 Å². The molecule has 0 aliphatic rings. The maximum atomic E-state index is 10.7. The van der Waals surface area contributed by atoms with Crippen molar-refractivity contribution >= 4 is 27.8 Å². The predicted molar refractivity (Wildman–Crippen MR) is 52.4 cm³/mol. The van der Waals surface area contributed by atoms with Gasteiger partial charge in [0.1, 0.15) is 6.04 Å². The van der Waals surface area contributed by atoms with Gasteiger partial charge in [-0.1, -0.05) is 0 Å². The second-order valence-electron chi connectivity index (χ2n) is 2.56. The summed E-state index contributed by atoms with van der Waals surface area (Å²) in [5.74, 6) is -0.529. The van der Waals surface area contributed by atoms with Crippen LogP contribution in [0.5, 0.6) is 0 Å². The topological polar surface area (TPSA) is 83.5 Å². The highest BCUT2D eigenvalue weighted by Crippen LogP contribution is 2.01. The lowest BCUT2D eigenvalue weighted by Crippen LogP contribution is -2.40. The van der Waals surface area contributed by atoms with Crippen LogP contribution in [0.4, 0.5) is 0 Å². The van der Waals surface area contributed by atoms with Gasteiger partial charge < -0.3 is 5.11 Å². The number of nitrogens with one attached hydrogen (secondary N) is 1. The van der Waals surface area contributed by atoms with Crippen LogP contribution in [0.3, 0.4) is 0 Å². The largest absolute Gasteiger partial charge is 0.480 e. The van der Waals surface area contributed by atoms with E-state index in [0.717, 1.165) is 6.26 Å². The van der Waals surface area contributed by atoms with Crippen LogP contribution in [0.25, 0.3) is 0 Å². The fraction of sp³-hybridized carbons (Fsp3) is 0.833. The van der Waals surface area contributed by atoms with Crippen LogP contribution >= 0.6 is 11.8 Å². The highest BCUT2D eigenvalue weighted by atomic mass is 32.2. The van der Waals surface area contributed by atoms with Gasteiger partial charge in [-0.3, -0.25) is 4.79 Å². The summed E-state index contributed by atoms with van der Waals surface area (Å²) in [6.07, 6.45) is 3.07. The molecule has 0 radical (unpaired) electrons. The Balaban J connectivity index is 4.19. The summed E-state index contributed by atoms with van der Waals surface area (Å²) in [6, 6.07) is -1.01. The number of carbonyl (C=O) groups is 1. The highest BCUT2D eigenvalue weighted by molar-refractivity contribution is 7.98. The Kier molecular flexibility index (Phi) is 5.34. The van der Waals surface area contributed by atoms with Gasteiger partial charge in [0.2, 0.25) is 10.0 Å². The normalized spacial score (nSPS) is 14.0. The number of aliphatic carboxylic acids is 1. The number of carboxylic acid groups (broad SMARTS) is 1. The van der Waals surface area contributed by atoms with E-state index in [9.17, 15) is 13.2 Å². The average molecular weight is 227 g/mol. The van der Waals surface area contributed by atoms with Crippen LogP contribution in [0.2, 0.25) is 0 Å². The third-order valence-electron chi connectivity index (χ3n) is 1.27. The van der Waals surface area contributed by atoms with Crippen molar-refractivity contribution in [3.8, 4) is 0 Å². The maximum absolute atomic E-state index is 10.7. The summed E-state index contributed by atoms with van der Waals surface area (Å²) in [7, 11) is -3.44. The van der Waals surface area contributed by atoms with E-state index in [1.165, 1.54) is 11.8 Å². The van der Waals surface area contributed by atoms with E-state index in [-0.39, 0.29) is 0 Å². The van der Waals surface area contributed by atoms with E-state index in [1.54, 1.807) is 0 Å². The second kappa shape index (κ2) is 5.46. The SMILES string of the molecule is CSCCC(NS(C)(=O)=O)C(=O)O. The molecular weight excluding hydrogens is 214 g/mol. The Bertz CT molecular complexity index is 262. The van der Waals surface area contributed by atoms with Crippen LogP contribution in [0.15, 0.2) is 0 Å². The molecular formula is C6H13NO4S2. The number of hydrogen-bond donors (Lipinski definition) is 2. The number of hydrogen-bond acceptors (Lipinski definition) is 4. The molecule has 0 amide bonds. The zero-order valence-corrected chi connectivity index (χ0v) is 9.11. The van der Waals surface area contributed by atoms with E-state index >= 15 is 0 Å². The summed E-state index contributed by atoms with van der Waals surface area (Å²) in [6.45, 7) is 0. The first kappa shape index (κ1) is 12.7. The van der Waals surface area contributed by atoms with Crippen molar-refractivity contribution in [2.45, 2.75) is 12.5 Å². The Morgan fingerprint density at radius 2 is 2.15 bits per heavy atom. The maximum Gasteiger partial charge on any atom is 0.321 e. The quantitative estimate of drug-likeness (QED) is 0.653. The van der Waals surface area contributed by atoms with Crippen LogP contribution in [-0.4, -0.2) is 43.8 Å². The first-order valence-corrected chi connectivity index (χ1v) is 6.84. The number of thioether (sulfide) groups is 1. The third-order valence-corrected chi connectivity index (χ3v) is 2.62.